The van der Waals surface area contributed by atoms with Crippen LogP contribution in [0.25, 0.3) is 10.2 Å². The predicted octanol–water partition coefficient (Wildman–Crippen LogP) is 4.06. The van der Waals surface area contributed by atoms with Crippen LogP contribution >= 0.6 is 11.3 Å². The van der Waals surface area contributed by atoms with Gasteiger partial charge in [0, 0.05) is 12.5 Å². The number of likely N-dealkylation sites (N-methyl/N-ethyl adjacent to an activating group) is 1. The summed E-state index contributed by atoms with van der Waals surface area (Å²) >= 11 is 1.81. The summed E-state index contributed by atoms with van der Waals surface area (Å²) in [5, 5.41) is 4.66. The number of hydrogen-bond donors (Lipinski definition) is 1. The number of nitrogens with one attached hydrogen (secondary N) is 1. The lowest BCUT2D eigenvalue weighted by Crippen LogP contribution is -2.28. The molecule has 0 spiro atoms. The van der Waals surface area contributed by atoms with Crippen molar-refractivity contribution in [3.05, 3.63) is 65.2 Å². The molecule has 108 valence electrons. The molecule has 0 radical (unpaired) electrons. The molecule has 0 aliphatic carbocycles. The quantitative estimate of drug-likeness (QED) is 0.742. The third-order valence-electron chi connectivity index (χ3n) is 3.79. The minimum absolute atomic E-state index is 0.478. The van der Waals surface area contributed by atoms with Gasteiger partial charge in [-0.15, -0.1) is 11.3 Å². The Morgan fingerprint density at radius 3 is 2.57 bits per heavy atom. The van der Waals surface area contributed by atoms with Crippen LogP contribution in [0.15, 0.2) is 54.6 Å². The van der Waals surface area contributed by atoms with Crippen molar-refractivity contribution < 1.29 is 0 Å². The highest BCUT2D eigenvalue weighted by atomic mass is 32.1. The molecule has 1 aromatic heterocycles. The minimum atomic E-state index is 0.478. The molecule has 0 aliphatic rings. The molecular formula is C18H20N2S. The van der Waals surface area contributed by atoms with E-state index in [-0.39, 0.29) is 0 Å². The van der Waals surface area contributed by atoms with Gasteiger partial charge in [0.2, 0.25) is 0 Å². The van der Waals surface area contributed by atoms with Gasteiger partial charge in [0.05, 0.1) is 15.2 Å². The number of nitrogens with zero attached hydrogens (tertiary/aromatic N) is 1. The van der Waals surface area contributed by atoms with E-state index in [1.54, 1.807) is 0 Å². The Bertz CT molecular complexity index is 658. The summed E-state index contributed by atoms with van der Waals surface area (Å²) in [6, 6.07) is 19.5. The molecule has 0 saturated carbocycles. The van der Waals surface area contributed by atoms with Crippen molar-refractivity contribution in [2.24, 2.45) is 0 Å². The summed E-state index contributed by atoms with van der Waals surface area (Å²) < 4.78 is 1.28. The number of benzene rings is 2. The lowest BCUT2D eigenvalue weighted by molar-refractivity contribution is 0.519. The second-order valence-corrected chi connectivity index (χ2v) is 6.40. The van der Waals surface area contributed by atoms with Crippen LogP contribution in [-0.4, -0.2) is 18.1 Å². The third-order valence-corrected chi connectivity index (χ3v) is 4.85. The molecule has 1 N–H and O–H groups in total. The van der Waals surface area contributed by atoms with Crippen molar-refractivity contribution in [3.8, 4) is 0 Å². The van der Waals surface area contributed by atoms with E-state index in [1.165, 1.54) is 15.3 Å². The Morgan fingerprint density at radius 2 is 1.81 bits per heavy atom. The highest BCUT2D eigenvalue weighted by Crippen LogP contribution is 2.23. The second kappa shape index (κ2) is 6.83. The number of thiazole rings is 1. The Hall–Kier alpha value is -1.71. The number of hydrogen-bond acceptors (Lipinski definition) is 3. The maximum atomic E-state index is 4.73. The van der Waals surface area contributed by atoms with Crippen LogP contribution in [0.2, 0.25) is 0 Å². The topological polar surface area (TPSA) is 24.9 Å². The fourth-order valence-corrected chi connectivity index (χ4v) is 3.60. The highest BCUT2D eigenvalue weighted by molar-refractivity contribution is 7.18. The molecule has 0 saturated heterocycles. The van der Waals surface area contributed by atoms with E-state index >= 15 is 0 Å². The molecule has 1 atom stereocenters. The van der Waals surface area contributed by atoms with Gasteiger partial charge in [0.25, 0.3) is 0 Å². The molecule has 2 aromatic carbocycles. The van der Waals surface area contributed by atoms with Gasteiger partial charge < -0.3 is 5.32 Å². The van der Waals surface area contributed by atoms with E-state index in [2.05, 4.69) is 59.9 Å². The Kier molecular flexibility index (Phi) is 4.63. The number of fused-ring (bicyclic) bond motifs is 1. The molecule has 3 aromatic rings. The van der Waals surface area contributed by atoms with Crippen molar-refractivity contribution >= 4 is 21.6 Å². The van der Waals surface area contributed by atoms with Gasteiger partial charge in [-0.1, -0.05) is 42.5 Å². The highest BCUT2D eigenvalue weighted by Gasteiger charge is 2.11. The van der Waals surface area contributed by atoms with Gasteiger partial charge in [-0.3, -0.25) is 0 Å². The SMILES string of the molecule is CNC(CCc1ccccc1)Cc1nc2ccccc2s1. The zero-order valence-corrected chi connectivity index (χ0v) is 13.1. The van der Waals surface area contributed by atoms with E-state index in [0.717, 1.165) is 24.8 Å². The summed E-state index contributed by atoms with van der Waals surface area (Å²) in [6.45, 7) is 0. The maximum Gasteiger partial charge on any atom is 0.0954 e. The average Bonchev–Trinajstić information content (AvgIpc) is 2.94. The van der Waals surface area contributed by atoms with E-state index in [4.69, 9.17) is 4.98 Å². The zero-order valence-electron chi connectivity index (χ0n) is 12.3. The van der Waals surface area contributed by atoms with Gasteiger partial charge in [-0.2, -0.15) is 0 Å². The first-order valence-electron chi connectivity index (χ1n) is 7.41. The standard InChI is InChI=1S/C18H20N2S/c1-19-15(12-11-14-7-3-2-4-8-14)13-18-20-16-9-5-6-10-17(16)21-18/h2-10,15,19H,11-13H2,1H3. The average molecular weight is 296 g/mol. The van der Waals surface area contributed by atoms with Crippen LogP contribution in [0.1, 0.15) is 17.0 Å². The first-order chi connectivity index (χ1) is 10.3. The van der Waals surface area contributed by atoms with Crippen molar-refractivity contribution in [2.45, 2.75) is 25.3 Å². The molecule has 3 rings (SSSR count). The lowest BCUT2D eigenvalue weighted by atomic mass is 10.0. The molecule has 2 nitrogen and oxygen atoms in total. The summed E-state index contributed by atoms with van der Waals surface area (Å²) in [4.78, 5) is 4.73. The summed E-state index contributed by atoms with van der Waals surface area (Å²) in [6.07, 6.45) is 3.25. The monoisotopic (exact) mass is 296 g/mol. The summed E-state index contributed by atoms with van der Waals surface area (Å²) in [7, 11) is 2.04. The maximum absolute atomic E-state index is 4.73. The van der Waals surface area contributed by atoms with Gasteiger partial charge in [0.1, 0.15) is 0 Å². The van der Waals surface area contributed by atoms with Crippen molar-refractivity contribution in [3.63, 3.8) is 0 Å². The number of para-hydroxylation sites is 1. The zero-order chi connectivity index (χ0) is 14.5. The van der Waals surface area contributed by atoms with Crippen LogP contribution < -0.4 is 5.32 Å². The van der Waals surface area contributed by atoms with E-state index in [1.807, 2.05) is 18.4 Å². The van der Waals surface area contributed by atoms with Crippen molar-refractivity contribution in [1.82, 2.24) is 10.3 Å². The summed E-state index contributed by atoms with van der Waals surface area (Å²) in [5.41, 5.74) is 2.53. The Balaban J connectivity index is 1.63. The van der Waals surface area contributed by atoms with Crippen LogP contribution in [0.4, 0.5) is 0 Å². The fourth-order valence-electron chi connectivity index (χ4n) is 2.55. The predicted molar refractivity (Wildman–Crippen MR) is 90.9 cm³/mol. The Morgan fingerprint density at radius 1 is 1.05 bits per heavy atom. The molecule has 1 unspecified atom stereocenters. The van der Waals surface area contributed by atoms with Crippen LogP contribution in [0.3, 0.4) is 0 Å². The lowest BCUT2D eigenvalue weighted by Gasteiger charge is -2.14. The fraction of sp³-hybridized carbons (Fsp3) is 0.278. The van der Waals surface area contributed by atoms with Gasteiger partial charge in [-0.05, 0) is 37.6 Å². The third kappa shape index (κ3) is 3.69. The van der Waals surface area contributed by atoms with E-state index in [9.17, 15) is 0 Å². The van der Waals surface area contributed by atoms with Crippen LogP contribution in [0, 0.1) is 0 Å². The summed E-state index contributed by atoms with van der Waals surface area (Å²) in [5.74, 6) is 0. The van der Waals surface area contributed by atoms with E-state index < -0.39 is 0 Å². The largest absolute Gasteiger partial charge is 0.317 e. The number of aryl methyl sites for hydroxylation is 1. The second-order valence-electron chi connectivity index (χ2n) is 5.29. The van der Waals surface area contributed by atoms with Crippen molar-refractivity contribution in [2.75, 3.05) is 7.05 Å². The first kappa shape index (κ1) is 14.2. The normalized spacial score (nSPS) is 12.6. The Labute approximate surface area is 129 Å². The smallest absolute Gasteiger partial charge is 0.0954 e. The van der Waals surface area contributed by atoms with Gasteiger partial charge in [-0.25, -0.2) is 4.98 Å². The van der Waals surface area contributed by atoms with Gasteiger partial charge in [0.15, 0.2) is 0 Å². The molecule has 0 bridgehead atoms. The minimum Gasteiger partial charge on any atom is -0.317 e. The van der Waals surface area contributed by atoms with E-state index in [0.29, 0.717) is 6.04 Å². The van der Waals surface area contributed by atoms with Gasteiger partial charge >= 0.3 is 0 Å². The number of rotatable bonds is 6. The molecule has 3 heteroatoms. The van der Waals surface area contributed by atoms with Crippen LogP contribution in [-0.2, 0) is 12.8 Å². The molecule has 1 heterocycles. The molecule has 0 fully saturated rings. The molecule has 21 heavy (non-hydrogen) atoms. The number of aromatic nitrogens is 1. The molecular weight excluding hydrogens is 276 g/mol. The first-order valence-corrected chi connectivity index (χ1v) is 8.22. The van der Waals surface area contributed by atoms with Crippen LogP contribution in [0.5, 0.6) is 0 Å². The van der Waals surface area contributed by atoms with Crippen molar-refractivity contribution in [1.29, 1.82) is 0 Å². The molecule has 0 amide bonds. The molecule has 0 aliphatic heterocycles.